The SMILES string of the molecule is CCCCCCCCCCCCCCCCCCc1c(C)c(C(=O)O)c([N+](=O)[O-])c(C(=O)O)c1C. The second-order valence-electron chi connectivity index (χ2n) is 9.75. The summed E-state index contributed by atoms with van der Waals surface area (Å²) in [5.74, 6) is -2.94. The standard InChI is InChI=1S/C28H45NO6/c1-4-5-6-7-8-9-10-11-12-13-14-15-16-17-18-19-20-23-21(2)24(27(30)31)26(29(34)35)25(22(23)3)28(32)33/h4-20H2,1-3H3,(H,30,31)(H,32,33). The Balaban J connectivity index is 2.37. The van der Waals surface area contributed by atoms with Crippen molar-refractivity contribution in [1.29, 1.82) is 0 Å². The summed E-state index contributed by atoms with van der Waals surface area (Å²) in [6.07, 6.45) is 20.6. The molecule has 0 amide bonds. The molecule has 0 heterocycles. The molecule has 0 aliphatic rings. The van der Waals surface area contributed by atoms with Crippen LogP contribution in [-0.2, 0) is 6.42 Å². The fourth-order valence-electron chi connectivity index (χ4n) is 4.99. The van der Waals surface area contributed by atoms with Crippen molar-refractivity contribution < 1.29 is 24.7 Å². The number of nitro benzene ring substituents is 1. The maximum atomic E-state index is 11.7. The molecule has 0 aromatic heterocycles. The maximum absolute atomic E-state index is 11.7. The van der Waals surface area contributed by atoms with E-state index in [9.17, 15) is 29.9 Å². The normalized spacial score (nSPS) is 11.1. The minimum atomic E-state index is -1.47. The number of hydrogen-bond acceptors (Lipinski definition) is 4. The fourth-order valence-corrected chi connectivity index (χ4v) is 4.99. The van der Waals surface area contributed by atoms with E-state index < -0.39 is 33.7 Å². The number of carbonyl (C=O) groups is 2. The highest BCUT2D eigenvalue weighted by molar-refractivity contribution is 6.03. The summed E-state index contributed by atoms with van der Waals surface area (Å²) in [6.45, 7) is 5.33. The van der Waals surface area contributed by atoms with E-state index in [1.807, 2.05) is 0 Å². The van der Waals surface area contributed by atoms with Gasteiger partial charge in [-0.1, -0.05) is 103 Å². The van der Waals surface area contributed by atoms with Gasteiger partial charge < -0.3 is 10.2 Å². The molecule has 198 valence electrons. The second-order valence-corrected chi connectivity index (χ2v) is 9.75. The van der Waals surface area contributed by atoms with Gasteiger partial charge in [-0.05, 0) is 43.4 Å². The maximum Gasteiger partial charge on any atom is 0.343 e. The van der Waals surface area contributed by atoms with Gasteiger partial charge in [-0.2, -0.15) is 0 Å². The van der Waals surface area contributed by atoms with E-state index in [0.717, 1.165) is 25.7 Å². The van der Waals surface area contributed by atoms with Crippen LogP contribution >= 0.6 is 0 Å². The van der Waals surface area contributed by atoms with Gasteiger partial charge in [-0.15, -0.1) is 0 Å². The number of aromatic carboxylic acids is 2. The lowest BCUT2D eigenvalue weighted by molar-refractivity contribution is -0.385. The molecule has 0 radical (unpaired) electrons. The third-order valence-corrected chi connectivity index (χ3v) is 7.02. The first-order valence-electron chi connectivity index (χ1n) is 13.5. The third-order valence-electron chi connectivity index (χ3n) is 7.02. The van der Waals surface area contributed by atoms with Gasteiger partial charge in [-0.3, -0.25) is 10.1 Å². The van der Waals surface area contributed by atoms with Gasteiger partial charge in [0.15, 0.2) is 0 Å². The first-order valence-corrected chi connectivity index (χ1v) is 13.5. The summed E-state index contributed by atoms with van der Waals surface area (Å²) >= 11 is 0. The molecule has 0 aliphatic heterocycles. The van der Waals surface area contributed by atoms with Crippen LogP contribution in [0.2, 0.25) is 0 Å². The molecular weight excluding hydrogens is 446 g/mol. The topological polar surface area (TPSA) is 118 Å². The fraction of sp³-hybridized carbons (Fsp3) is 0.714. The van der Waals surface area contributed by atoms with E-state index in [1.165, 1.54) is 90.9 Å². The Morgan fingerprint density at radius 3 is 1.26 bits per heavy atom. The summed E-state index contributed by atoms with van der Waals surface area (Å²) in [4.78, 5) is 34.0. The van der Waals surface area contributed by atoms with Gasteiger partial charge in [0.25, 0.3) is 5.69 Å². The molecule has 7 heteroatoms. The summed E-state index contributed by atoms with van der Waals surface area (Å²) < 4.78 is 0. The lowest BCUT2D eigenvalue weighted by Crippen LogP contribution is -2.16. The summed E-state index contributed by atoms with van der Waals surface area (Å²) in [5, 5.41) is 30.5. The van der Waals surface area contributed by atoms with Crippen molar-refractivity contribution in [3.63, 3.8) is 0 Å². The Hall–Kier alpha value is -2.44. The first kappa shape index (κ1) is 30.6. The Morgan fingerprint density at radius 2 is 0.971 bits per heavy atom. The zero-order valence-corrected chi connectivity index (χ0v) is 22.0. The van der Waals surface area contributed by atoms with E-state index in [1.54, 1.807) is 0 Å². The molecule has 0 spiro atoms. The molecule has 0 saturated carbocycles. The molecule has 1 rings (SSSR count). The average molecular weight is 492 g/mol. The number of nitrogens with zero attached hydrogens (tertiary/aromatic N) is 1. The van der Waals surface area contributed by atoms with Crippen molar-refractivity contribution in [2.45, 2.75) is 130 Å². The molecule has 1 aromatic carbocycles. The van der Waals surface area contributed by atoms with Crippen molar-refractivity contribution in [2.24, 2.45) is 0 Å². The summed E-state index contributed by atoms with van der Waals surface area (Å²) in [5.41, 5.74) is -0.638. The third kappa shape index (κ3) is 10.4. The predicted molar refractivity (Wildman–Crippen MR) is 140 cm³/mol. The van der Waals surface area contributed by atoms with Crippen molar-refractivity contribution in [3.8, 4) is 0 Å². The Bertz CT molecular complexity index is 792. The van der Waals surface area contributed by atoms with Crippen LogP contribution in [0.4, 0.5) is 5.69 Å². The molecule has 0 unspecified atom stereocenters. The molecule has 0 bridgehead atoms. The van der Waals surface area contributed by atoms with Crippen molar-refractivity contribution >= 4 is 17.6 Å². The van der Waals surface area contributed by atoms with Crippen molar-refractivity contribution in [3.05, 3.63) is 37.9 Å². The van der Waals surface area contributed by atoms with Crippen LogP contribution in [0.1, 0.15) is 147 Å². The molecule has 0 fully saturated rings. The number of benzene rings is 1. The first-order chi connectivity index (χ1) is 16.7. The minimum Gasteiger partial charge on any atom is -0.477 e. The lowest BCUT2D eigenvalue weighted by atomic mass is 9.88. The van der Waals surface area contributed by atoms with Gasteiger partial charge >= 0.3 is 11.9 Å². The number of unbranched alkanes of at least 4 members (excludes halogenated alkanes) is 15. The minimum absolute atomic E-state index is 0.299. The average Bonchev–Trinajstić information content (AvgIpc) is 2.79. The monoisotopic (exact) mass is 491 g/mol. The lowest BCUT2D eigenvalue weighted by Gasteiger charge is -2.16. The zero-order valence-electron chi connectivity index (χ0n) is 22.0. The van der Waals surface area contributed by atoms with Gasteiger partial charge in [0.1, 0.15) is 11.1 Å². The summed E-state index contributed by atoms with van der Waals surface area (Å²) in [7, 11) is 0. The highest BCUT2D eigenvalue weighted by Crippen LogP contribution is 2.34. The number of rotatable bonds is 20. The highest BCUT2D eigenvalue weighted by Gasteiger charge is 2.34. The van der Waals surface area contributed by atoms with Gasteiger partial charge in [-0.25, -0.2) is 9.59 Å². The van der Waals surface area contributed by atoms with Crippen molar-refractivity contribution in [2.75, 3.05) is 0 Å². The molecule has 35 heavy (non-hydrogen) atoms. The van der Waals surface area contributed by atoms with Crippen LogP contribution in [0.25, 0.3) is 0 Å². The van der Waals surface area contributed by atoms with Crippen LogP contribution in [-0.4, -0.2) is 27.1 Å². The van der Waals surface area contributed by atoms with E-state index in [-0.39, 0.29) is 0 Å². The number of carboxylic acid groups (broad SMARTS) is 2. The predicted octanol–water partition coefficient (Wildman–Crippen LogP) is 8.41. The van der Waals surface area contributed by atoms with E-state index in [2.05, 4.69) is 6.92 Å². The van der Waals surface area contributed by atoms with E-state index in [0.29, 0.717) is 23.1 Å². The Labute approximate surface area is 210 Å². The number of carboxylic acids is 2. The molecular formula is C28H45NO6. The molecule has 7 nitrogen and oxygen atoms in total. The zero-order chi connectivity index (χ0) is 26.2. The second kappa shape index (κ2) is 17.1. The Morgan fingerprint density at radius 1 is 0.657 bits per heavy atom. The quantitative estimate of drug-likeness (QED) is 0.107. The molecule has 2 N–H and O–H groups in total. The number of nitro groups is 1. The summed E-state index contributed by atoms with van der Waals surface area (Å²) in [6, 6.07) is 0. The number of hydrogen-bond donors (Lipinski definition) is 2. The van der Waals surface area contributed by atoms with Gasteiger partial charge in [0.05, 0.1) is 4.92 Å². The smallest absolute Gasteiger partial charge is 0.343 e. The Kier molecular flexibility index (Phi) is 14.9. The van der Waals surface area contributed by atoms with Crippen LogP contribution in [0.5, 0.6) is 0 Å². The highest BCUT2D eigenvalue weighted by atomic mass is 16.6. The molecule has 0 atom stereocenters. The molecule has 1 aromatic rings. The van der Waals surface area contributed by atoms with E-state index >= 15 is 0 Å². The van der Waals surface area contributed by atoms with Crippen LogP contribution in [0.15, 0.2) is 0 Å². The van der Waals surface area contributed by atoms with Crippen molar-refractivity contribution in [1.82, 2.24) is 0 Å². The molecule has 0 aliphatic carbocycles. The van der Waals surface area contributed by atoms with Crippen LogP contribution in [0.3, 0.4) is 0 Å². The van der Waals surface area contributed by atoms with Crippen LogP contribution < -0.4 is 0 Å². The van der Waals surface area contributed by atoms with Crippen LogP contribution in [0, 0.1) is 24.0 Å². The molecule has 0 saturated heterocycles. The van der Waals surface area contributed by atoms with Gasteiger partial charge in [0, 0.05) is 0 Å². The van der Waals surface area contributed by atoms with Gasteiger partial charge in [0.2, 0.25) is 0 Å². The van der Waals surface area contributed by atoms with E-state index in [4.69, 9.17) is 0 Å². The largest absolute Gasteiger partial charge is 0.477 e.